The third-order valence-electron chi connectivity index (χ3n) is 4.16. The number of nitrogens with zero attached hydrogens (tertiary/aromatic N) is 1. The molecule has 0 aromatic heterocycles. The molecule has 2 aromatic rings. The molecule has 4 N–H and O–H groups in total. The number of piperazine rings is 1. The number of benzene rings is 2. The Hall–Kier alpha value is -3.24. The molecular weight excluding hydrogens is 384 g/mol. The van der Waals surface area contributed by atoms with Gasteiger partial charge in [0.1, 0.15) is 0 Å². The summed E-state index contributed by atoms with van der Waals surface area (Å²) < 4.78 is 26.6. The predicted molar refractivity (Wildman–Crippen MR) is 101 cm³/mol. The van der Waals surface area contributed by atoms with Crippen molar-refractivity contribution in [2.24, 2.45) is 5.73 Å². The second-order valence-electron chi connectivity index (χ2n) is 6.11. The van der Waals surface area contributed by atoms with Crippen LogP contribution in [0.15, 0.2) is 53.4 Å². The zero-order valence-electron chi connectivity index (χ0n) is 14.7. The molecule has 0 spiro atoms. The summed E-state index contributed by atoms with van der Waals surface area (Å²) in [4.78, 5) is 35.0. The summed E-state index contributed by atoms with van der Waals surface area (Å²) >= 11 is 0. The van der Waals surface area contributed by atoms with Gasteiger partial charge in [-0.15, -0.1) is 0 Å². The molecule has 1 aliphatic rings. The Morgan fingerprint density at radius 1 is 1.07 bits per heavy atom. The van der Waals surface area contributed by atoms with Crippen LogP contribution in [0.5, 0.6) is 0 Å². The van der Waals surface area contributed by atoms with Crippen molar-refractivity contribution < 1.29 is 22.8 Å². The van der Waals surface area contributed by atoms with E-state index in [1.165, 1.54) is 48.5 Å². The Kier molecular flexibility index (Phi) is 5.43. The maximum Gasteiger partial charge on any atom is 0.255 e. The number of carbonyl (C=O) groups is 3. The Balaban J connectivity index is 1.79. The molecule has 0 atom stereocenters. The number of nitrogens with one attached hydrogen (secondary N) is 2. The van der Waals surface area contributed by atoms with Crippen LogP contribution in [-0.4, -0.2) is 50.1 Å². The first kappa shape index (κ1) is 19.5. The fraction of sp³-hybridized carbons (Fsp3) is 0.167. The van der Waals surface area contributed by atoms with Crippen LogP contribution in [0.25, 0.3) is 0 Å². The van der Waals surface area contributed by atoms with Gasteiger partial charge in [-0.2, -0.15) is 4.31 Å². The highest BCUT2D eigenvalue weighted by Crippen LogP contribution is 2.19. The average Bonchev–Trinajstić information content (AvgIpc) is 2.68. The first-order valence-electron chi connectivity index (χ1n) is 8.35. The molecule has 1 saturated heterocycles. The van der Waals surface area contributed by atoms with Crippen LogP contribution in [0.1, 0.15) is 20.7 Å². The largest absolute Gasteiger partial charge is 0.366 e. The molecule has 1 aliphatic heterocycles. The SMILES string of the molecule is NC(=O)c1ccc(NC(=O)c2cccc(S(=O)(=O)N3CCNC(=O)C3)c2)cc1. The van der Waals surface area contributed by atoms with E-state index in [2.05, 4.69) is 10.6 Å². The van der Waals surface area contributed by atoms with E-state index in [9.17, 15) is 22.8 Å². The summed E-state index contributed by atoms with van der Waals surface area (Å²) in [5.74, 6) is -1.47. The minimum Gasteiger partial charge on any atom is -0.366 e. The van der Waals surface area contributed by atoms with E-state index in [-0.39, 0.29) is 36.0 Å². The van der Waals surface area contributed by atoms with Crippen molar-refractivity contribution in [3.8, 4) is 0 Å². The van der Waals surface area contributed by atoms with Gasteiger partial charge in [0.15, 0.2) is 0 Å². The second-order valence-corrected chi connectivity index (χ2v) is 8.05. The van der Waals surface area contributed by atoms with Gasteiger partial charge in [0, 0.05) is 29.9 Å². The van der Waals surface area contributed by atoms with E-state index in [1.54, 1.807) is 0 Å². The summed E-state index contributed by atoms with van der Waals surface area (Å²) in [6.07, 6.45) is 0. The molecule has 0 radical (unpaired) electrons. The van der Waals surface area contributed by atoms with E-state index in [4.69, 9.17) is 5.73 Å². The monoisotopic (exact) mass is 402 g/mol. The van der Waals surface area contributed by atoms with Gasteiger partial charge < -0.3 is 16.4 Å². The number of amides is 3. The predicted octanol–water partition coefficient (Wildman–Crippen LogP) is 0.158. The number of carbonyl (C=O) groups excluding carboxylic acids is 3. The Morgan fingerprint density at radius 3 is 2.43 bits per heavy atom. The highest BCUT2D eigenvalue weighted by Gasteiger charge is 2.29. The minimum atomic E-state index is -3.90. The molecule has 146 valence electrons. The van der Waals surface area contributed by atoms with Crippen LogP contribution < -0.4 is 16.4 Å². The fourth-order valence-electron chi connectivity index (χ4n) is 2.69. The van der Waals surface area contributed by atoms with Crippen molar-refractivity contribution in [3.63, 3.8) is 0 Å². The highest BCUT2D eigenvalue weighted by atomic mass is 32.2. The minimum absolute atomic E-state index is 0.0704. The standard InChI is InChI=1S/C18H18N4O5S/c19-17(24)12-4-6-14(7-5-12)21-18(25)13-2-1-3-15(10-13)28(26,27)22-9-8-20-16(23)11-22/h1-7,10H,8-9,11H2,(H2,19,24)(H,20,23)(H,21,25). The van der Waals surface area contributed by atoms with Gasteiger partial charge in [-0.1, -0.05) is 6.07 Å². The lowest BCUT2D eigenvalue weighted by Gasteiger charge is -2.26. The lowest BCUT2D eigenvalue weighted by Crippen LogP contribution is -2.49. The van der Waals surface area contributed by atoms with Crippen molar-refractivity contribution in [1.29, 1.82) is 0 Å². The molecule has 2 aromatic carbocycles. The van der Waals surface area contributed by atoms with Crippen molar-refractivity contribution in [3.05, 3.63) is 59.7 Å². The maximum absolute atomic E-state index is 12.7. The van der Waals surface area contributed by atoms with E-state index in [0.29, 0.717) is 11.3 Å². The van der Waals surface area contributed by atoms with E-state index >= 15 is 0 Å². The van der Waals surface area contributed by atoms with Crippen LogP contribution in [0.3, 0.4) is 0 Å². The van der Waals surface area contributed by atoms with Crippen molar-refractivity contribution >= 4 is 33.4 Å². The third kappa shape index (κ3) is 4.18. The number of rotatable bonds is 5. The molecule has 10 heteroatoms. The van der Waals surface area contributed by atoms with Gasteiger partial charge in [0.05, 0.1) is 11.4 Å². The number of sulfonamides is 1. The molecule has 0 bridgehead atoms. The smallest absolute Gasteiger partial charge is 0.255 e. The maximum atomic E-state index is 12.7. The van der Waals surface area contributed by atoms with Gasteiger partial charge in [-0.25, -0.2) is 8.42 Å². The summed E-state index contributed by atoms with van der Waals surface area (Å²) in [7, 11) is -3.90. The zero-order valence-corrected chi connectivity index (χ0v) is 15.5. The number of hydrogen-bond acceptors (Lipinski definition) is 5. The molecule has 0 aliphatic carbocycles. The fourth-order valence-corrected chi connectivity index (χ4v) is 4.13. The molecule has 0 unspecified atom stereocenters. The summed E-state index contributed by atoms with van der Waals surface area (Å²) in [6.45, 7) is 0.140. The summed E-state index contributed by atoms with van der Waals surface area (Å²) in [5.41, 5.74) is 6.04. The first-order chi connectivity index (χ1) is 13.3. The van der Waals surface area contributed by atoms with Gasteiger partial charge in [-0.3, -0.25) is 14.4 Å². The van der Waals surface area contributed by atoms with Gasteiger partial charge in [0.25, 0.3) is 5.91 Å². The topological polar surface area (TPSA) is 139 Å². The first-order valence-corrected chi connectivity index (χ1v) is 9.79. The summed E-state index contributed by atoms with van der Waals surface area (Å²) in [5, 5.41) is 5.19. The van der Waals surface area contributed by atoms with Crippen LogP contribution in [0, 0.1) is 0 Å². The van der Waals surface area contributed by atoms with Gasteiger partial charge >= 0.3 is 0 Å². The normalized spacial score (nSPS) is 14.9. The molecule has 0 saturated carbocycles. The lowest BCUT2D eigenvalue weighted by molar-refractivity contribution is -0.122. The molecule has 1 heterocycles. The van der Waals surface area contributed by atoms with E-state index in [0.717, 1.165) is 4.31 Å². The van der Waals surface area contributed by atoms with Crippen LogP contribution >= 0.6 is 0 Å². The molecule has 3 amide bonds. The molecule has 28 heavy (non-hydrogen) atoms. The van der Waals surface area contributed by atoms with Crippen LogP contribution in [0.2, 0.25) is 0 Å². The molecular formula is C18H18N4O5S. The quantitative estimate of drug-likeness (QED) is 0.654. The second kappa shape index (κ2) is 7.79. The van der Waals surface area contributed by atoms with Crippen molar-refractivity contribution in [2.45, 2.75) is 4.90 Å². The number of primary amides is 1. The number of nitrogens with two attached hydrogens (primary N) is 1. The van der Waals surface area contributed by atoms with Crippen molar-refractivity contribution in [1.82, 2.24) is 9.62 Å². The van der Waals surface area contributed by atoms with Crippen LogP contribution in [0.4, 0.5) is 5.69 Å². The number of hydrogen-bond donors (Lipinski definition) is 3. The Morgan fingerprint density at radius 2 is 1.79 bits per heavy atom. The van der Waals surface area contributed by atoms with E-state index in [1.807, 2.05) is 0 Å². The van der Waals surface area contributed by atoms with Gasteiger partial charge in [0.2, 0.25) is 21.8 Å². The molecule has 9 nitrogen and oxygen atoms in total. The molecule has 1 fully saturated rings. The Bertz CT molecular complexity index is 1030. The average molecular weight is 402 g/mol. The Labute approximate surface area is 161 Å². The van der Waals surface area contributed by atoms with Crippen molar-refractivity contribution in [2.75, 3.05) is 25.0 Å². The zero-order chi connectivity index (χ0) is 20.3. The highest BCUT2D eigenvalue weighted by molar-refractivity contribution is 7.89. The van der Waals surface area contributed by atoms with Crippen LogP contribution in [-0.2, 0) is 14.8 Å². The molecule has 3 rings (SSSR count). The number of anilines is 1. The third-order valence-corrected chi connectivity index (χ3v) is 6.01. The lowest BCUT2D eigenvalue weighted by atomic mass is 10.2. The van der Waals surface area contributed by atoms with E-state index < -0.39 is 21.8 Å². The van der Waals surface area contributed by atoms with Gasteiger partial charge in [-0.05, 0) is 42.5 Å². The summed E-state index contributed by atoms with van der Waals surface area (Å²) in [6, 6.07) is 11.6.